The van der Waals surface area contributed by atoms with E-state index in [1.54, 1.807) is 6.07 Å². The number of hydrogen-bond donors (Lipinski definition) is 1. The average molecular weight is 202 g/mol. The molecule has 2 aromatic rings. The summed E-state index contributed by atoms with van der Waals surface area (Å²) >= 11 is 0. The van der Waals surface area contributed by atoms with Gasteiger partial charge in [-0.05, 0) is 22.9 Å². The Hall–Kier alpha value is -2.03. The van der Waals surface area contributed by atoms with Crippen molar-refractivity contribution in [1.29, 1.82) is 0 Å². The van der Waals surface area contributed by atoms with E-state index in [1.807, 2.05) is 24.3 Å². The summed E-state index contributed by atoms with van der Waals surface area (Å²) in [4.78, 5) is 11.0. The summed E-state index contributed by atoms with van der Waals surface area (Å²) in [6.07, 6.45) is 0. The molecule has 76 valence electrons. The zero-order valence-electron chi connectivity index (χ0n) is 8.23. The van der Waals surface area contributed by atoms with Gasteiger partial charge in [-0.25, -0.2) is 4.79 Å². The molecule has 0 saturated carbocycles. The van der Waals surface area contributed by atoms with Crippen LogP contribution in [0, 0.1) is 0 Å². The van der Waals surface area contributed by atoms with Crippen molar-refractivity contribution in [1.82, 2.24) is 0 Å². The Labute approximate surface area is 86.9 Å². The molecule has 0 bridgehead atoms. The maximum Gasteiger partial charge on any atom is 0.336 e. The molecule has 0 atom stereocenters. The van der Waals surface area contributed by atoms with Gasteiger partial charge in [0.25, 0.3) is 0 Å². The summed E-state index contributed by atoms with van der Waals surface area (Å²) in [5, 5.41) is 10.6. The van der Waals surface area contributed by atoms with Crippen molar-refractivity contribution in [3.63, 3.8) is 0 Å². The maximum atomic E-state index is 11.0. The second-order valence-corrected chi connectivity index (χ2v) is 3.20. The Morgan fingerprint density at radius 3 is 2.67 bits per heavy atom. The van der Waals surface area contributed by atoms with Crippen LogP contribution in [-0.2, 0) is 0 Å². The summed E-state index contributed by atoms with van der Waals surface area (Å²) < 4.78 is 5.05. The number of carboxylic acids is 1. The second kappa shape index (κ2) is 3.61. The molecule has 2 aromatic carbocycles. The van der Waals surface area contributed by atoms with Gasteiger partial charge in [0.1, 0.15) is 5.75 Å². The van der Waals surface area contributed by atoms with Crippen LogP contribution in [0.2, 0.25) is 0 Å². The molecule has 0 amide bonds. The second-order valence-electron chi connectivity index (χ2n) is 3.20. The molecular formula is C12H10O3. The van der Waals surface area contributed by atoms with Gasteiger partial charge in [-0.1, -0.05) is 24.3 Å². The molecule has 0 unspecified atom stereocenters. The van der Waals surface area contributed by atoms with E-state index in [4.69, 9.17) is 9.84 Å². The van der Waals surface area contributed by atoms with Gasteiger partial charge < -0.3 is 9.84 Å². The number of hydrogen-bond acceptors (Lipinski definition) is 2. The van der Waals surface area contributed by atoms with Crippen molar-refractivity contribution < 1.29 is 14.6 Å². The van der Waals surface area contributed by atoms with E-state index in [0.717, 1.165) is 10.8 Å². The molecular weight excluding hydrogens is 192 g/mol. The van der Waals surface area contributed by atoms with E-state index >= 15 is 0 Å². The molecule has 0 fully saturated rings. The minimum atomic E-state index is -0.940. The third-order valence-corrected chi connectivity index (χ3v) is 2.30. The molecule has 0 spiro atoms. The Morgan fingerprint density at radius 2 is 2.00 bits per heavy atom. The van der Waals surface area contributed by atoms with Gasteiger partial charge in [-0.3, -0.25) is 0 Å². The monoisotopic (exact) mass is 202 g/mol. The lowest BCUT2D eigenvalue weighted by molar-refractivity contribution is 0.0698. The van der Waals surface area contributed by atoms with Crippen molar-refractivity contribution in [2.75, 3.05) is 7.11 Å². The first-order chi connectivity index (χ1) is 7.22. The Kier molecular flexibility index (Phi) is 2.29. The number of fused-ring (bicyclic) bond motifs is 1. The van der Waals surface area contributed by atoms with Crippen molar-refractivity contribution in [2.45, 2.75) is 0 Å². The molecule has 3 nitrogen and oxygen atoms in total. The van der Waals surface area contributed by atoms with Crippen molar-refractivity contribution in [3.8, 4) is 5.75 Å². The normalized spacial score (nSPS) is 10.2. The summed E-state index contributed by atoms with van der Waals surface area (Å²) in [6, 6.07) is 10.7. The van der Waals surface area contributed by atoms with Gasteiger partial charge in [-0.15, -0.1) is 0 Å². The van der Waals surface area contributed by atoms with Crippen LogP contribution < -0.4 is 4.74 Å². The van der Waals surface area contributed by atoms with Gasteiger partial charge in [0, 0.05) is 0 Å². The number of methoxy groups -OCH3 is 1. The van der Waals surface area contributed by atoms with Gasteiger partial charge in [0.15, 0.2) is 0 Å². The van der Waals surface area contributed by atoms with Crippen LogP contribution in [0.5, 0.6) is 5.75 Å². The summed E-state index contributed by atoms with van der Waals surface area (Å²) in [5.74, 6) is -0.379. The summed E-state index contributed by atoms with van der Waals surface area (Å²) in [7, 11) is 1.52. The maximum absolute atomic E-state index is 11.0. The van der Waals surface area contributed by atoms with Crippen molar-refractivity contribution >= 4 is 16.7 Å². The number of benzene rings is 2. The summed E-state index contributed by atoms with van der Waals surface area (Å²) in [5.41, 5.74) is 0.268. The van der Waals surface area contributed by atoms with Gasteiger partial charge in [0.2, 0.25) is 0 Å². The largest absolute Gasteiger partial charge is 0.497 e. The standard InChI is InChI=1S/C12H10O3/c1-15-9-6-8-4-2-3-5-10(8)11(7-9)12(13)14/h2-7H,1H3,(H,13,14). The number of rotatable bonds is 2. The van der Waals surface area contributed by atoms with E-state index in [9.17, 15) is 4.79 Å². The zero-order valence-corrected chi connectivity index (χ0v) is 8.23. The fraction of sp³-hybridized carbons (Fsp3) is 0.0833. The third-order valence-electron chi connectivity index (χ3n) is 2.30. The third kappa shape index (κ3) is 1.64. The van der Waals surface area contributed by atoms with Crippen LogP contribution in [0.15, 0.2) is 36.4 Å². The molecule has 0 aliphatic carbocycles. The highest BCUT2D eigenvalue weighted by Crippen LogP contribution is 2.25. The molecule has 0 aliphatic rings. The van der Waals surface area contributed by atoms with Crippen LogP contribution in [0.4, 0.5) is 0 Å². The highest BCUT2D eigenvalue weighted by Gasteiger charge is 2.09. The average Bonchev–Trinajstić information content (AvgIpc) is 2.27. The molecule has 0 radical (unpaired) electrons. The fourth-order valence-corrected chi connectivity index (χ4v) is 1.58. The topological polar surface area (TPSA) is 46.5 Å². The van der Waals surface area contributed by atoms with E-state index in [0.29, 0.717) is 5.75 Å². The highest BCUT2D eigenvalue weighted by molar-refractivity contribution is 6.04. The number of carboxylic acid groups (broad SMARTS) is 1. The van der Waals surface area contributed by atoms with Crippen LogP contribution in [0.3, 0.4) is 0 Å². The highest BCUT2D eigenvalue weighted by atomic mass is 16.5. The van der Waals surface area contributed by atoms with E-state index in [2.05, 4.69) is 0 Å². The van der Waals surface area contributed by atoms with Crippen LogP contribution in [-0.4, -0.2) is 18.2 Å². The van der Waals surface area contributed by atoms with E-state index in [1.165, 1.54) is 13.2 Å². The van der Waals surface area contributed by atoms with Gasteiger partial charge in [-0.2, -0.15) is 0 Å². The smallest absolute Gasteiger partial charge is 0.336 e. The Balaban J connectivity index is 2.80. The van der Waals surface area contributed by atoms with Crippen LogP contribution >= 0.6 is 0 Å². The first kappa shape index (κ1) is 9.52. The molecule has 0 saturated heterocycles. The van der Waals surface area contributed by atoms with Crippen molar-refractivity contribution in [3.05, 3.63) is 42.0 Å². The molecule has 1 N–H and O–H groups in total. The minimum absolute atomic E-state index is 0.268. The van der Waals surface area contributed by atoms with E-state index < -0.39 is 5.97 Å². The lowest BCUT2D eigenvalue weighted by atomic mass is 10.0. The van der Waals surface area contributed by atoms with Crippen LogP contribution in [0.1, 0.15) is 10.4 Å². The quantitative estimate of drug-likeness (QED) is 0.814. The molecule has 0 heterocycles. The van der Waals surface area contributed by atoms with Gasteiger partial charge in [0.05, 0.1) is 12.7 Å². The molecule has 2 rings (SSSR count). The summed E-state index contributed by atoms with van der Waals surface area (Å²) in [6.45, 7) is 0. The molecule has 15 heavy (non-hydrogen) atoms. The molecule has 0 aliphatic heterocycles. The predicted octanol–water partition coefficient (Wildman–Crippen LogP) is 2.55. The molecule has 3 heteroatoms. The van der Waals surface area contributed by atoms with Crippen LogP contribution in [0.25, 0.3) is 10.8 Å². The Morgan fingerprint density at radius 1 is 1.27 bits per heavy atom. The first-order valence-corrected chi connectivity index (χ1v) is 4.52. The minimum Gasteiger partial charge on any atom is -0.497 e. The SMILES string of the molecule is COc1cc(C(=O)O)c2ccccc2c1. The lowest BCUT2D eigenvalue weighted by Gasteiger charge is -2.06. The first-order valence-electron chi connectivity index (χ1n) is 4.52. The van der Waals surface area contributed by atoms with Crippen molar-refractivity contribution in [2.24, 2.45) is 0 Å². The van der Waals surface area contributed by atoms with E-state index in [-0.39, 0.29) is 5.56 Å². The molecule has 0 aromatic heterocycles. The lowest BCUT2D eigenvalue weighted by Crippen LogP contribution is -1.98. The van der Waals surface area contributed by atoms with Gasteiger partial charge >= 0.3 is 5.97 Å². The fourth-order valence-electron chi connectivity index (χ4n) is 1.58. The number of ether oxygens (including phenoxy) is 1. The number of aromatic carboxylic acids is 1. The predicted molar refractivity (Wildman–Crippen MR) is 57.5 cm³/mol. The number of carbonyl (C=O) groups is 1. The zero-order chi connectivity index (χ0) is 10.8. The Bertz CT molecular complexity index is 517.